The van der Waals surface area contributed by atoms with E-state index in [0.29, 0.717) is 6.04 Å². The zero-order valence-electron chi connectivity index (χ0n) is 11.1. The highest BCUT2D eigenvalue weighted by Crippen LogP contribution is 2.14. The van der Waals surface area contributed by atoms with Crippen LogP contribution in [0.1, 0.15) is 23.9 Å². The van der Waals surface area contributed by atoms with Gasteiger partial charge >= 0.3 is 0 Å². The third-order valence-electron chi connectivity index (χ3n) is 2.98. The molecule has 0 aliphatic carbocycles. The van der Waals surface area contributed by atoms with Crippen LogP contribution in [0.2, 0.25) is 5.02 Å². The molecular weight excluding hydrogens is 276 g/mol. The van der Waals surface area contributed by atoms with Crippen LogP contribution in [0.15, 0.2) is 35.8 Å². The second-order valence-electron chi connectivity index (χ2n) is 4.61. The molecule has 1 aromatic heterocycles. The molecule has 0 amide bonds. The molecule has 4 heteroatoms. The smallest absolute Gasteiger partial charge is 0.0940 e. The third-order valence-corrected chi connectivity index (χ3v) is 4.04. The molecule has 19 heavy (non-hydrogen) atoms. The molecule has 1 N–H and O–H groups in total. The number of nitrogens with zero attached hydrogens (tertiary/aromatic N) is 1. The molecule has 2 aromatic rings. The molecule has 1 aromatic carbocycles. The number of aromatic nitrogens is 1. The van der Waals surface area contributed by atoms with Crippen molar-refractivity contribution in [1.29, 1.82) is 0 Å². The number of hydrogen-bond acceptors (Lipinski definition) is 3. The van der Waals surface area contributed by atoms with Gasteiger partial charge in [0, 0.05) is 29.1 Å². The van der Waals surface area contributed by atoms with Crippen molar-refractivity contribution in [1.82, 2.24) is 10.3 Å². The van der Waals surface area contributed by atoms with Crippen LogP contribution in [-0.4, -0.2) is 17.6 Å². The van der Waals surface area contributed by atoms with Crippen molar-refractivity contribution in [2.45, 2.75) is 32.2 Å². The van der Waals surface area contributed by atoms with Crippen molar-refractivity contribution in [3.05, 3.63) is 51.4 Å². The zero-order valence-corrected chi connectivity index (χ0v) is 12.7. The summed E-state index contributed by atoms with van der Waals surface area (Å²) in [5, 5.41) is 7.63. The first-order chi connectivity index (χ1) is 9.28. The molecule has 0 spiro atoms. The van der Waals surface area contributed by atoms with Crippen molar-refractivity contribution in [3.8, 4) is 0 Å². The summed E-state index contributed by atoms with van der Waals surface area (Å²) in [6, 6.07) is 8.55. The van der Waals surface area contributed by atoms with Gasteiger partial charge < -0.3 is 5.32 Å². The maximum absolute atomic E-state index is 5.92. The highest BCUT2D eigenvalue weighted by molar-refractivity contribution is 7.09. The molecule has 1 unspecified atom stereocenters. The van der Waals surface area contributed by atoms with Crippen molar-refractivity contribution in [3.63, 3.8) is 0 Å². The molecule has 0 bridgehead atoms. The standard InChI is InChI=1S/C15H19ClN2S/c1-2-7-17-14(11-15-18-8-9-19-15)10-12-3-5-13(16)6-4-12/h3-6,8-9,14,17H,2,7,10-11H2,1H3. The van der Waals surface area contributed by atoms with Crippen LogP contribution >= 0.6 is 22.9 Å². The van der Waals surface area contributed by atoms with E-state index in [1.807, 2.05) is 23.7 Å². The Morgan fingerprint density at radius 1 is 1.26 bits per heavy atom. The van der Waals surface area contributed by atoms with Gasteiger partial charge in [-0.05, 0) is 37.1 Å². The lowest BCUT2D eigenvalue weighted by molar-refractivity contribution is 0.504. The van der Waals surface area contributed by atoms with Gasteiger partial charge in [-0.15, -0.1) is 11.3 Å². The Bertz CT molecular complexity index is 467. The van der Waals surface area contributed by atoms with Gasteiger partial charge in [0.1, 0.15) is 0 Å². The van der Waals surface area contributed by atoms with E-state index in [1.54, 1.807) is 11.3 Å². The fourth-order valence-electron chi connectivity index (χ4n) is 2.03. The summed E-state index contributed by atoms with van der Waals surface area (Å²) < 4.78 is 0. The Morgan fingerprint density at radius 3 is 2.68 bits per heavy atom. The van der Waals surface area contributed by atoms with Crippen LogP contribution in [0, 0.1) is 0 Å². The molecule has 1 heterocycles. The van der Waals surface area contributed by atoms with E-state index in [9.17, 15) is 0 Å². The average molecular weight is 295 g/mol. The van der Waals surface area contributed by atoms with Crippen LogP contribution < -0.4 is 5.32 Å². The number of rotatable bonds is 7. The molecule has 102 valence electrons. The van der Waals surface area contributed by atoms with Gasteiger partial charge in [0.25, 0.3) is 0 Å². The summed E-state index contributed by atoms with van der Waals surface area (Å²) >= 11 is 7.65. The van der Waals surface area contributed by atoms with E-state index in [-0.39, 0.29) is 0 Å². The van der Waals surface area contributed by atoms with Crippen molar-refractivity contribution in [2.24, 2.45) is 0 Å². The van der Waals surface area contributed by atoms with Crippen LogP contribution in [0.25, 0.3) is 0 Å². The third kappa shape index (κ3) is 4.94. The van der Waals surface area contributed by atoms with E-state index in [0.717, 1.165) is 30.8 Å². The lowest BCUT2D eigenvalue weighted by Gasteiger charge is -2.17. The summed E-state index contributed by atoms with van der Waals surface area (Å²) in [7, 11) is 0. The number of benzene rings is 1. The van der Waals surface area contributed by atoms with Crippen molar-refractivity contribution >= 4 is 22.9 Å². The van der Waals surface area contributed by atoms with Gasteiger partial charge in [-0.25, -0.2) is 4.98 Å². The summed E-state index contributed by atoms with van der Waals surface area (Å²) in [6.07, 6.45) is 5.02. The molecule has 0 saturated carbocycles. The van der Waals surface area contributed by atoms with E-state index in [4.69, 9.17) is 11.6 Å². The minimum atomic E-state index is 0.437. The van der Waals surface area contributed by atoms with Crippen LogP contribution in [0.4, 0.5) is 0 Å². The second-order valence-corrected chi connectivity index (χ2v) is 6.03. The number of nitrogens with one attached hydrogen (secondary N) is 1. The van der Waals surface area contributed by atoms with E-state index in [2.05, 4.69) is 29.4 Å². The maximum atomic E-state index is 5.92. The van der Waals surface area contributed by atoms with Crippen LogP contribution in [0.5, 0.6) is 0 Å². The minimum absolute atomic E-state index is 0.437. The highest BCUT2D eigenvalue weighted by Gasteiger charge is 2.11. The maximum Gasteiger partial charge on any atom is 0.0940 e. The minimum Gasteiger partial charge on any atom is -0.313 e. The zero-order chi connectivity index (χ0) is 13.5. The predicted octanol–water partition coefficient (Wildman–Crippen LogP) is 3.95. The van der Waals surface area contributed by atoms with Gasteiger partial charge in [0.15, 0.2) is 0 Å². The topological polar surface area (TPSA) is 24.9 Å². The quantitative estimate of drug-likeness (QED) is 0.836. The molecule has 1 atom stereocenters. The Hall–Kier alpha value is -0.900. The van der Waals surface area contributed by atoms with Gasteiger partial charge in [-0.3, -0.25) is 0 Å². The molecule has 2 nitrogen and oxygen atoms in total. The largest absolute Gasteiger partial charge is 0.313 e. The Kier molecular flexibility index (Phi) is 5.83. The van der Waals surface area contributed by atoms with Gasteiger partial charge in [-0.2, -0.15) is 0 Å². The molecule has 0 radical (unpaired) electrons. The molecule has 0 aliphatic heterocycles. The fraction of sp³-hybridized carbons (Fsp3) is 0.400. The van der Waals surface area contributed by atoms with Gasteiger partial charge in [0.2, 0.25) is 0 Å². The van der Waals surface area contributed by atoms with Crippen molar-refractivity contribution < 1.29 is 0 Å². The molecule has 0 fully saturated rings. The Labute approximate surface area is 123 Å². The van der Waals surface area contributed by atoms with Crippen LogP contribution in [-0.2, 0) is 12.8 Å². The molecule has 2 rings (SSSR count). The first-order valence-electron chi connectivity index (χ1n) is 6.64. The molecular formula is C15H19ClN2S. The Morgan fingerprint density at radius 2 is 2.05 bits per heavy atom. The average Bonchev–Trinajstić information content (AvgIpc) is 2.91. The van der Waals surface area contributed by atoms with E-state index >= 15 is 0 Å². The normalized spacial score (nSPS) is 12.5. The number of halogens is 1. The van der Waals surface area contributed by atoms with Gasteiger partial charge in [0.05, 0.1) is 5.01 Å². The summed E-state index contributed by atoms with van der Waals surface area (Å²) in [5.74, 6) is 0. The SMILES string of the molecule is CCCNC(Cc1ccc(Cl)cc1)Cc1nccs1. The highest BCUT2D eigenvalue weighted by atomic mass is 35.5. The monoisotopic (exact) mass is 294 g/mol. The number of hydrogen-bond donors (Lipinski definition) is 1. The lowest BCUT2D eigenvalue weighted by Crippen LogP contribution is -2.33. The predicted molar refractivity (Wildman–Crippen MR) is 83.1 cm³/mol. The summed E-state index contributed by atoms with van der Waals surface area (Å²) in [5.41, 5.74) is 1.31. The van der Waals surface area contributed by atoms with Gasteiger partial charge in [-0.1, -0.05) is 30.7 Å². The molecule has 0 aliphatic rings. The fourth-order valence-corrected chi connectivity index (χ4v) is 2.86. The van der Waals surface area contributed by atoms with E-state index < -0.39 is 0 Å². The molecule has 0 saturated heterocycles. The summed E-state index contributed by atoms with van der Waals surface area (Å²) in [4.78, 5) is 4.38. The summed E-state index contributed by atoms with van der Waals surface area (Å²) in [6.45, 7) is 3.24. The number of thiazole rings is 1. The lowest BCUT2D eigenvalue weighted by atomic mass is 10.0. The Balaban J connectivity index is 1.98. The van der Waals surface area contributed by atoms with E-state index in [1.165, 1.54) is 10.6 Å². The first kappa shape index (κ1) is 14.5. The second kappa shape index (κ2) is 7.63. The van der Waals surface area contributed by atoms with Crippen molar-refractivity contribution in [2.75, 3.05) is 6.54 Å². The first-order valence-corrected chi connectivity index (χ1v) is 7.90. The van der Waals surface area contributed by atoms with Crippen LogP contribution in [0.3, 0.4) is 0 Å².